The molecule has 0 aliphatic carbocycles. The van der Waals surface area contributed by atoms with Crippen molar-refractivity contribution in [2.75, 3.05) is 7.05 Å². The Hall–Kier alpha value is -1.70. The van der Waals surface area contributed by atoms with E-state index in [9.17, 15) is 8.42 Å². The van der Waals surface area contributed by atoms with Gasteiger partial charge in [-0.3, -0.25) is 4.68 Å². The lowest BCUT2D eigenvalue weighted by Gasteiger charge is -2.13. The summed E-state index contributed by atoms with van der Waals surface area (Å²) in [5.74, 6) is 0. The molecule has 114 valence electrons. The van der Waals surface area contributed by atoms with E-state index in [1.165, 1.54) is 0 Å². The molecule has 1 unspecified atom stereocenters. The van der Waals surface area contributed by atoms with Crippen LogP contribution in [-0.4, -0.2) is 25.2 Å². The molecular weight excluding hydrogens is 288 g/mol. The second-order valence-corrected chi connectivity index (χ2v) is 6.62. The highest BCUT2D eigenvalue weighted by Gasteiger charge is 2.16. The Labute approximate surface area is 125 Å². The Kier molecular flexibility index (Phi) is 4.76. The summed E-state index contributed by atoms with van der Waals surface area (Å²) in [6, 6.07) is 8.81. The van der Waals surface area contributed by atoms with Gasteiger partial charge in [0.1, 0.15) is 0 Å². The van der Waals surface area contributed by atoms with Crippen LogP contribution in [0, 0.1) is 0 Å². The standard InChI is InChI=1S/C14H20N4O2S/c1-11(15-2)12-5-4-6-14(9-12)21(19,20)17-10-13-7-8-16-18(13)3/h4-9,11,15,17H,10H2,1-3H3. The maximum absolute atomic E-state index is 12.3. The van der Waals surface area contributed by atoms with Gasteiger partial charge < -0.3 is 5.32 Å². The molecule has 1 heterocycles. The van der Waals surface area contributed by atoms with Crippen LogP contribution in [0.5, 0.6) is 0 Å². The van der Waals surface area contributed by atoms with E-state index in [-0.39, 0.29) is 17.5 Å². The molecule has 0 bridgehead atoms. The van der Waals surface area contributed by atoms with Crippen molar-refractivity contribution in [1.29, 1.82) is 0 Å². The molecule has 2 N–H and O–H groups in total. The summed E-state index contributed by atoms with van der Waals surface area (Å²) in [4.78, 5) is 0.268. The molecule has 0 aliphatic heterocycles. The highest BCUT2D eigenvalue weighted by Crippen LogP contribution is 2.17. The zero-order chi connectivity index (χ0) is 15.5. The fourth-order valence-corrected chi connectivity index (χ4v) is 3.00. The first-order chi connectivity index (χ1) is 9.94. The molecule has 0 fully saturated rings. The van der Waals surface area contributed by atoms with Crippen molar-refractivity contribution in [1.82, 2.24) is 19.8 Å². The number of rotatable bonds is 6. The first kappa shape index (κ1) is 15.7. The first-order valence-corrected chi connectivity index (χ1v) is 8.16. The van der Waals surface area contributed by atoms with Gasteiger partial charge in [0.05, 0.1) is 17.1 Å². The number of nitrogens with one attached hydrogen (secondary N) is 2. The van der Waals surface area contributed by atoms with E-state index in [4.69, 9.17) is 0 Å². The lowest BCUT2D eigenvalue weighted by atomic mass is 10.1. The van der Waals surface area contributed by atoms with E-state index in [0.29, 0.717) is 0 Å². The second-order valence-electron chi connectivity index (χ2n) is 4.85. The summed E-state index contributed by atoms with van der Waals surface area (Å²) >= 11 is 0. The molecule has 0 radical (unpaired) electrons. The predicted octanol–water partition coefficient (Wildman–Crippen LogP) is 1.18. The van der Waals surface area contributed by atoms with Gasteiger partial charge in [-0.25, -0.2) is 13.1 Å². The van der Waals surface area contributed by atoms with E-state index in [2.05, 4.69) is 15.1 Å². The Morgan fingerprint density at radius 2 is 2.10 bits per heavy atom. The van der Waals surface area contributed by atoms with Gasteiger partial charge in [0.2, 0.25) is 10.0 Å². The van der Waals surface area contributed by atoms with Crippen LogP contribution in [0.15, 0.2) is 41.4 Å². The lowest BCUT2D eigenvalue weighted by Crippen LogP contribution is -2.24. The fourth-order valence-electron chi connectivity index (χ4n) is 1.94. The molecule has 1 aromatic heterocycles. The van der Waals surface area contributed by atoms with Gasteiger partial charge in [-0.1, -0.05) is 12.1 Å². The summed E-state index contributed by atoms with van der Waals surface area (Å²) in [6.07, 6.45) is 1.64. The average molecular weight is 308 g/mol. The molecule has 0 amide bonds. The summed E-state index contributed by atoms with van der Waals surface area (Å²) < 4.78 is 28.9. The Balaban J connectivity index is 2.18. The summed E-state index contributed by atoms with van der Waals surface area (Å²) in [5, 5.41) is 7.11. The van der Waals surface area contributed by atoms with E-state index in [1.807, 2.05) is 20.0 Å². The highest BCUT2D eigenvalue weighted by molar-refractivity contribution is 7.89. The van der Waals surface area contributed by atoms with Gasteiger partial charge in [0.25, 0.3) is 0 Å². The van der Waals surface area contributed by atoms with Gasteiger partial charge in [0, 0.05) is 19.3 Å². The van der Waals surface area contributed by atoms with E-state index in [0.717, 1.165) is 11.3 Å². The third kappa shape index (κ3) is 3.69. The third-order valence-electron chi connectivity index (χ3n) is 3.47. The number of aryl methyl sites for hydroxylation is 1. The molecule has 0 aliphatic rings. The number of benzene rings is 1. The van der Waals surface area contributed by atoms with Crippen molar-refractivity contribution in [3.63, 3.8) is 0 Å². The maximum Gasteiger partial charge on any atom is 0.240 e. The van der Waals surface area contributed by atoms with Gasteiger partial charge in [-0.05, 0) is 37.7 Å². The normalized spacial score (nSPS) is 13.3. The van der Waals surface area contributed by atoms with E-state index < -0.39 is 10.0 Å². The Bertz CT molecular complexity index is 709. The molecule has 1 atom stereocenters. The van der Waals surface area contributed by atoms with Crippen LogP contribution in [0.3, 0.4) is 0 Å². The lowest BCUT2D eigenvalue weighted by molar-refractivity contribution is 0.576. The van der Waals surface area contributed by atoms with Crippen molar-refractivity contribution in [3.05, 3.63) is 47.8 Å². The highest BCUT2D eigenvalue weighted by atomic mass is 32.2. The topological polar surface area (TPSA) is 76.0 Å². The van der Waals surface area contributed by atoms with Crippen molar-refractivity contribution in [2.45, 2.75) is 24.4 Å². The third-order valence-corrected chi connectivity index (χ3v) is 4.87. The van der Waals surface area contributed by atoms with Crippen LogP contribution in [0.25, 0.3) is 0 Å². The maximum atomic E-state index is 12.3. The summed E-state index contributed by atoms with van der Waals surface area (Å²) in [7, 11) is 0.0802. The van der Waals surface area contributed by atoms with Crippen molar-refractivity contribution >= 4 is 10.0 Å². The van der Waals surface area contributed by atoms with Crippen LogP contribution in [0.2, 0.25) is 0 Å². The molecule has 2 rings (SSSR count). The number of nitrogens with zero attached hydrogens (tertiary/aromatic N) is 2. The van der Waals surface area contributed by atoms with Gasteiger partial charge in [-0.2, -0.15) is 5.10 Å². The van der Waals surface area contributed by atoms with Crippen LogP contribution >= 0.6 is 0 Å². The van der Waals surface area contributed by atoms with E-state index >= 15 is 0 Å². The second kappa shape index (κ2) is 6.38. The van der Waals surface area contributed by atoms with Gasteiger partial charge >= 0.3 is 0 Å². The zero-order valence-corrected chi connectivity index (χ0v) is 13.2. The predicted molar refractivity (Wildman–Crippen MR) is 81.2 cm³/mol. The molecule has 6 nitrogen and oxygen atoms in total. The first-order valence-electron chi connectivity index (χ1n) is 6.68. The minimum atomic E-state index is -3.54. The monoisotopic (exact) mass is 308 g/mol. The summed E-state index contributed by atoms with van der Waals surface area (Å²) in [5.41, 5.74) is 1.74. The zero-order valence-electron chi connectivity index (χ0n) is 12.4. The van der Waals surface area contributed by atoms with Gasteiger partial charge in [-0.15, -0.1) is 0 Å². The van der Waals surface area contributed by atoms with Crippen LogP contribution in [-0.2, 0) is 23.6 Å². The molecule has 21 heavy (non-hydrogen) atoms. The molecule has 7 heteroatoms. The minimum absolute atomic E-state index is 0.0947. The van der Waals surface area contributed by atoms with Crippen LogP contribution < -0.4 is 10.0 Å². The quantitative estimate of drug-likeness (QED) is 0.840. The fraction of sp³-hybridized carbons (Fsp3) is 0.357. The smallest absolute Gasteiger partial charge is 0.240 e. The van der Waals surface area contributed by atoms with Gasteiger partial charge in [0.15, 0.2) is 0 Å². The Morgan fingerprint density at radius 3 is 2.71 bits per heavy atom. The van der Waals surface area contributed by atoms with Crippen molar-refractivity contribution in [3.8, 4) is 0 Å². The van der Waals surface area contributed by atoms with Crippen molar-refractivity contribution in [2.24, 2.45) is 7.05 Å². The number of hydrogen-bond acceptors (Lipinski definition) is 4. The molecule has 0 saturated heterocycles. The number of sulfonamides is 1. The molecule has 0 saturated carbocycles. The molecule has 1 aromatic carbocycles. The Morgan fingerprint density at radius 1 is 1.33 bits per heavy atom. The SMILES string of the molecule is CNC(C)c1cccc(S(=O)(=O)NCc2ccnn2C)c1. The molecule has 2 aromatic rings. The molecular formula is C14H20N4O2S. The number of aromatic nitrogens is 2. The number of hydrogen-bond donors (Lipinski definition) is 2. The largest absolute Gasteiger partial charge is 0.313 e. The van der Waals surface area contributed by atoms with Crippen molar-refractivity contribution < 1.29 is 8.42 Å². The van der Waals surface area contributed by atoms with Crippen LogP contribution in [0.4, 0.5) is 0 Å². The average Bonchev–Trinajstić information content (AvgIpc) is 2.90. The summed E-state index contributed by atoms with van der Waals surface area (Å²) in [6.45, 7) is 2.19. The van der Waals surface area contributed by atoms with E-state index in [1.54, 1.807) is 42.2 Å². The minimum Gasteiger partial charge on any atom is -0.313 e. The van der Waals surface area contributed by atoms with Crippen LogP contribution in [0.1, 0.15) is 24.2 Å². The molecule has 0 spiro atoms.